The summed E-state index contributed by atoms with van der Waals surface area (Å²) in [6, 6.07) is 7.86. The van der Waals surface area contributed by atoms with Crippen molar-refractivity contribution in [3.8, 4) is 0 Å². The number of rotatable bonds is 6. The molecule has 1 aliphatic carbocycles. The summed E-state index contributed by atoms with van der Waals surface area (Å²) in [5.74, 6) is 1.03. The fourth-order valence-corrected chi connectivity index (χ4v) is 4.38. The van der Waals surface area contributed by atoms with Crippen LogP contribution in [0.25, 0.3) is 10.9 Å². The smallest absolute Gasteiger partial charge is 0.262 e. The van der Waals surface area contributed by atoms with Gasteiger partial charge in [0.25, 0.3) is 5.56 Å². The number of fused-ring (bicyclic) bond motifs is 1. The van der Waals surface area contributed by atoms with Crippen molar-refractivity contribution in [3.05, 3.63) is 34.6 Å². The van der Waals surface area contributed by atoms with Crippen LogP contribution < -0.4 is 5.56 Å². The first kappa shape index (κ1) is 17.2. The molecular formula is C19H24N2O2S. The van der Waals surface area contributed by atoms with E-state index in [1.54, 1.807) is 18.7 Å². The Bertz CT molecular complexity index is 779. The quantitative estimate of drug-likeness (QED) is 0.444. The normalized spacial score (nSPS) is 15.7. The number of Topliss-reactive ketones (excluding diaryl/α,β-unsaturated/α-hetero) is 1. The fourth-order valence-electron chi connectivity index (χ4n) is 3.37. The Balaban J connectivity index is 1.94. The topological polar surface area (TPSA) is 52.0 Å². The van der Waals surface area contributed by atoms with Crippen LogP contribution in [0.5, 0.6) is 0 Å². The number of carbonyl (C=O) groups is 1. The predicted molar refractivity (Wildman–Crippen MR) is 98.8 cm³/mol. The van der Waals surface area contributed by atoms with Crippen molar-refractivity contribution < 1.29 is 4.79 Å². The zero-order chi connectivity index (χ0) is 16.9. The summed E-state index contributed by atoms with van der Waals surface area (Å²) in [6.07, 6.45) is 7.15. The maximum absolute atomic E-state index is 13.0. The molecule has 1 aromatic carbocycles. The van der Waals surface area contributed by atoms with Gasteiger partial charge < -0.3 is 4.79 Å². The Hall–Kier alpha value is -1.62. The van der Waals surface area contributed by atoms with Gasteiger partial charge in [-0.1, -0.05) is 43.2 Å². The molecule has 0 aliphatic heterocycles. The summed E-state index contributed by atoms with van der Waals surface area (Å²) in [6.45, 7) is 1.62. The van der Waals surface area contributed by atoms with Gasteiger partial charge in [0.2, 0.25) is 0 Å². The van der Waals surface area contributed by atoms with Gasteiger partial charge in [-0.3, -0.25) is 9.36 Å². The highest BCUT2D eigenvalue weighted by Crippen LogP contribution is 2.31. The standard InChI is InChI=1S/C19H24N2O2S/c1-14(22)8-7-13-24-19-20-17-12-6-5-11-16(17)18(23)21(19)15-9-3-2-4-10-15/h5-6,11-12,15H,2-4,7-10,13H2,1H3. The summed E-state index contributed by atoms with van der Waals surface area (Å²) in [4.78, 5) is 28.9. The molecule has 0 spiro atoms. The molecule has 0 N–H and O–H groups in total. The third-order valence-corrected chi connectivity index (χ3v) is 5.66. The van der Waals surface area contributed by atoms with Crippen molar-refractivity contribution in [3.63, 3.8) is 0 Å². The Kier molecular flexibility index (Phi) is 5.72. The van der Waals surface area contributed by atoms with Gasteiger partial charge in [0.05, 0.1) is 10.9 Å². The van der Waals surface area contributed by atoms with Crippen LogP contribution in [-0.4, -0.2) is 21.1 Å². The van der Waals surface area contributed by atoms with Crippen LogP contribution in [0.15, 0.2) is 34.2 Å². The molecule has 1 aliphatic rings. The summed E-state index contributed by atoms with van der Waals surface area (Å²) in [7, 11) is 0. The van der Waals surface area contributed by atoms with Gasteiger partial charge in [-0.15, -0.1) is 0 Å². The van der Waals surface area contributed by atoms with Crippen LogP contribution in [0, 0.1) is 0 Å². The highest BCUT2D eigenvalue weighted by Gasteiger charge is 2.21. The highest BCUT2D eigenvalue weighted by molar-refractivity contribution is 7.99. The molecule has 0 amide bonds. The predicted octanol–water partition coefficient (Wildman–Crippen LogP) is 4.36. The van der Waals surface area contributed by atoms with E-state index in [0.29, 0.717) is 11.8 Å². The Labute approximate surface area is 146 Å². The van der Waals surface area contributed by atoms with Crippen LogP contribution in [0.4, 0.5) is 0 Å². The van der Waals surface area contributed by atoms with Crippen LogP contribution in [0.3, 0.4) is 0 Å². The fraction of sp³-hybridized carbons (Fsp3) is 0.526. The average molecular weight is 344 g/mol. The molecular weight excluding hydrogens is 320 g/mol. The van der Waals surface area contributed by atoms with Crippen LogP contribution in [0.2, 0.25) is 0 Å². The monoisotopic (exact) mass is 344 g/mol. The van der Waals surface area contributed by atoms with Gasteiger partial charge in [-0.25, -0.2) is 4.98 Å². The molecule has 0 radical (unpaired) electrons. The molecule has 1 heterocycles. The minimum Gasteiger partial charge on any atom is -0.300 e. The lowest BCUT2D eigenvalue weighted by molar-refractivity contribution is -0.117. The van der Waals surface area contributed by atoms with Crippen LogP contribution in [-0.2, 0) is 4.79 Å². The molecule has 1 fully saturated rings. The minimum absolute atomic E-state index is 0.0848. The van der Waals surface area contributed by atoms with E-state index in [1.807, 2.05) is 28.8 Å². The molecule has 1 saturated carbocycles. The zero-order valence-corrected chi connectivity index (χ0v) is 15.0. The van der Waals surface area contributed by atoms with E-state index < -0.39 is 0 Å². The first-order chi connectivity index (χ1) is 11.7. The summed E-state index contributed by atoms with van der Waals surface area (Å²) in [5.41, 5.74) is 0.852. The third-order valence-electron chi connectivity index (χ3n) is 4.62. The number of para-hydroxylation sites is 1. The van der Waals surface area contributed by atoms with Crippen molar-refractivity contribution in [2.75, 3.05) is 5.75 Å². The maximum atomic E-state index is 13.0. The van der Waals surface area contributed by atoms with Gasteiger partial charge in [-0.05, 0) is 38.3 Å². The third kappa shape index (κ3) is 3.89. The van der Waals surface area contributed by atoms with Gasteiger partial charge in [0.1, 0.15) is 5.78 Å². The first-order valence-electron chi connectivity index (χ1n) is 8.80. The number of nitrogens with zero attached hydrogens (tertiary/aromatic N) is 2. The van der Waals surface area contributed by atoms with E-state index in [-0.39, 0.29) is 17.4 Å². The van der Waals surface area contributed by atoms with E-state index in [9.17, 15) is 9.59 Å². The minimum atomic E-state index is 0.0848. The number of aromatic nitrogens is 2. The van der Waals surface area contributed by atoms with Gasteiger partial charge in [-0.2, -0.15) is 0 Å². The second-order valence-corrected chi connectivity index (χ2v) is 7.59. The Morgan fingerprint density at radius 3 is 2.75 bits per heavy atom. The van der Waals surface area contributed by atoms with Crippen molar-refractivity contribution in [1.29, 1.82) is 0 Å². The summed E-state index contributed by atoms with van der Waals surface area (Å²) < 4.78 is 1.93. The van der Waals surface area contributed by atoms with Gasteiger partial charge >= 0.3 is 0 Å². The molecule has 0 bridgehead atoms. The molecule has 1 aromatic heterocycles. The van der Waals surface area contributed by atoms with Crippen molar-refractivity contribution >= 4 is 28.4 Å². The van der Waals surface area contributed by atoms with E-state index in [1.165, 1.54) is 19.3 Å². The SMILES string of the molecule is CC(=O)CCCSc1nc2ccccc2c(=O)n1C1CCCCC1. The molecule has 3 rings (SSSR count). The molecule has 0 unspecified atom stereocenters. The maximum Gasteiger partial charge on any atom is 0.262 e. The number of benzene rings is 1. The lowest BCUT2D eigenvalue weighted by Gasteiger charge is -2.26. The van der Waals surface area contributed by atoms with Crippen molar-refractivity contribution in [2.45, 2.75) is 63.1 Å². The first-order valence-corrected chi connectivity index (χ1v) is 9.79. The molecule has 128 valence electrons. The molecule has 24 heavy (non-hydrogen) atoms. The Morgan fingerprint density at radius 1 is 1.25 bits per heavy atom. The van der Waals surface area contributed by atoms with Crippen molar-refractivity contribution in [1.82, 2.24) is 9.55 Å². The Morgan fingerprint density at radius 2 is 2.00 bits per heavy atom. The molecule has 0 atom stereocenters. The second-order valence-electron chi connectivity index (χ2n) is 6.53. The lowest BCUT2D eigenvalue weighted by atomic mass is 9.95. The van der Waals surface area contributed by atoms with E-state index in [4.69, 9.17) is 4.98 Å². The van der Waals surface area contributed by atoms with Gasteiger partial charge in [0.15, 0.2) is 5.16 Å². The van der Waals surface area contributed by atoms with Gasteiger partial charge in [0, 0.05) is 18.2 Å². The second kappa shape index (κ2) is 7.97. The average Bonchev–Trinajstić information content (AvgIpc) is 2.59. The highest BCUT2D eigenvalue weighted by atomic mass is 32.2. The lowest BCUT2D eigenvalue weighted by Crippen LogP contribution is -2.29. The number of ketones is 1. The van der Waals surface area contributed by atoms with Crippen LogP contribution in [0.1, 0.15) is 57.9 Å². The van der Waals surface area contributed by atoms with E-state index in [2.05, 4.69) is 0 Å². The van der Waals surface area contributed by atoms with E-state index >= 15 is 0 Å². The number of carbonyl (C=O) groups excluding carboxylic acids is 1. The number of thioether (sulfide) groups is 1. The van der Waals surface area contributed by atoms with Crippen molar-refractivity contribution in [2.24, 2.45) is 0 Å². The molecule has 0 saturated heterocycles. The summed E-state index contributed by atoms with van der Waals surface area (Å²) in [5, 5.41) is 1.52. The van der Waals surface area contributed by atoms with Crippen LogP contribution >= 0.6 is 11.8 Å². The zero-order valence-electron chi connectivity index (χ0n) is 14.2. The summed E-state index contributed by atoms with van der Waals surface area (Å²) >= 11 is 1.61. The number of hydrogen-bond donors (Lipinski definition) is 0. The van der Waals surface area contributed by atoms with E-state index in [0.717, 1.165) is 35.7 Å². The molecule has 2 aromatic rings. The molecule has 5 heteroatoms. The molecule has 4 nitrogen and oxygen atoms in total. The number of hydrogen-bond acceptors (Lipinski definition) is 4. The largest absolute Gasteiger partial charge is 0.300 e.